The monoisotopic (exact) mass is 303 g/mol. The van der Waals surface area contributed by atoms with Crippen LogP contribution in [0.4, 0.5) is 5.13 Å². The van der Waals surface area contributed by atoms with Crippen LogP contribution in [0.15, 0.2) is 22.6 Å². The van der Waals surface area contributed by atoms with Gasteiger partial charge in [-0.3, -0.25) is 10.1 Å². The lowest BCUT2D eigenvalue weighted by molar-refractivity contribution is -0.111. The number of nitrogens with zero attached hydrogens (tertiary/aromatic N) is 2. The fourth-order valence-electron chi connectivity index (χ4n) is 2.13. The lowest BCUT2D eigenvalue weighted by Gasteiger charge is -1.94. The van der Waals surface area contributed by atoms with Crippen LogP contribution in [0.25, 0.3) is 6.08 Å². The predicted molar refractivity (Wildman–Crippen MR) is 82.2 cm³/mol. The van der Waals surface area contributed by atoms with Crippen molar-refractivity contribution in [3.05, 3.63) is 34.7 Å². The Morgan fingerprint density at radius 1 is 1.52 bits per heavy atom. The first-order valence-corrected chi connectivity index (χ1v) is 7.88. The van der Waals surface area contributed by atoms with Crippen LogP contribution in [0, 0.1) is 5.92 Å². The van der Waals surface area contributed by atoms with E-state index in [4.69, 9.17) is 4.42 Å². The smallest absolute Gasteiger partial charge is 0.250 e. The van der Waals surface area contributed by atoms with Gasteiger partial charge >= 0.3 is 0 Å². The second-order valence-corrected chi connectivity index (χ2v) is 6.30. The molecule has 21 heavy (non-hydrogen) atoms. The van der Waals surface area contributed by atoms with E-state index in [-0.39, 0.29) is 5.91 Å². The number of hydrogen-bond donors (Lipinski definition) is 1. The molecule has 2 unspecified atom stereocenters. The van der Waals surface area contributed by atoms with Crippen LogP contribution in [-0.4, -0.2) is 16.1 Å². The summed E-state index contributed by atoms with van der Waals surface area (Å²) in [5, 5.41) is 12.0. The van der Waals surface area contributed by atoms with Gasteiger partial charge in [0.25, 0.3) is 0 Å². The molecule has 0 aliphatic heterocycles. The summed E-state index contributed by atoms with van der Waals surface area (Å²) in [4.78, 5) is 11.8. The van der Waals surface area contributed by atoms with Crippen LogP contribution in [0.2, 0.25) is 0 Å². The molecule has 0 aromatic carbocycles. The molecule has 0 spiro atoms. The number of amides is 1. The minimum absolute atomic E-state index is 0.230. The van der Waals surface area contributed by atoms with E-state index in [0.717, 1.165) is 17.2 Å². The number of nitrogens with one attached hydrogen (secondary N) is 1. The molecular weight excluding hydrogens is 286 g/mol. The Hall–Kier alpha value is -1.95. The van der Waals surface area contributed by atoms with Gasteiger partial charge in [-0.2, -0.15) is 0 Å². The highest BCUT2D eigenvalue weighted by Gasteiger charge is 2.36. The molecular formula is C15H17N3O2S. The molecule has 3 rings (SSSR count). The van der Waals surface area contributed by atoms with E-state index in [1.165, 1.54) is 23.8 Å². The van der Waals surface area contributed by atoms with Crippen LogP contribution in [-0.2, 0) is 11.2 Å². The van der Waals surface area contributed by atoms with Crippen LogP contribution < -0.4 is 5.32 Å². The quantitative estimate of drug-likeness (QED) is 0.859. The van der Waals surface area contributed by atoms with Crippen LogP contribution in [0.3, 0.4) is 0 Å². The van der Waals surface area contributed by atoms with Gasteiger partial charge in [-0.25, -0.2) is 0 Å². The first-order valence-electron chi connectivity index (χ1n) is 7.07. The van der Waals surface area contributed by atoms with Gasteiger partial charge in [0.1, 0.15) is 16.5 Å². The highest BCUT2D eigenvalue weighted by atomic mass is 32.1. The Labute approximate surface area is 127 Å². The highest BCUT2D eigenvalue weighted by molar-refractivity contribution is 7.15. The summed E-state index contributed by atoms with van der Waals surface area (Å²) in [6.45, 7) is 4.21. The van der Waals surface area contributed by atoms with Crippen molar-refractivity contribution in [1.82, 2.24) is 10.2 Å². The molecule has 2 atom stereocenters. The fourth-order valence-corrected chi connectivity index (χ4v) is 2.81. The zero-order valence-electron chi connectivity index (χ0n) is 12.0. The topological polar surface area (TPSA) is 68.0 Å². The zero-order valence-corrected chi connectivity index (χ0v) is 12.8. The molecule has 2 aromatic rings. The van der Waals surface area contributed by atoms with Gasteiger partial charge in [-0.05, 0) is 37.0 Å². The third-order valence-corrected chi connectivity index (χ3v) is 4.50. The third-order valence-electron chi connectivity index (χ3n) is 3.52. The summed E-state index contributed by atoms with van der Waals surface area (Å²) in [6, 6.07) is 3.88. The summed E-state index contributed by atoms with van der Waals surface area (Å²) in [7, 11) is 0. The minimum Gasteiger partial charge on any atom is -0.461 e. The molecule has 2 heterocycles. The number of hydrogen-bond acceptors (Lipinski definition) is 5. The van der Waals surface area contributed by atoms with Gasteiger partial charge < -0.3 is 4.42 Å². The Morgan fingerprint density at radius 2 is 2.33 bits per heavy atom. The van der Waals surface area contributed by atoms with E-state index in [1.807, 2.05) is 19.1 Å². The standard InChI is InChI=1S/C15H17N3O2S/c1-3-14-17-18-15(21-14)16-13(19)7-5-10-4-6-12(20-10)11-8-9(11)2/h4-7,9,11H,3,8H2,1-2H3,(H,16,18,19)/b7-5+. The number of carbonyl (C=O) groups excluding carboxylic acids is 1. The summed E-state index contributed by atoms with van der Waals surface area (Å²) in [5.74, 6) is 2.74. The molecule has 1 N–H and O–H groups in total. The molecule has 5 nitrogen and oxygen atoms in total. The summed E-state index contributed by atoms with van der Waals surface area (Å²) >= 11 is 1.39. The lowest BCUT2D eigenvalue weighted by atomic mass is 10.3. The second-order valence-electron chi connectivity index (χ2n) is 5.24. The normalized spacial score (nSPS) is 20.9. The van der Waals surface area contributed by atoms with E-state index in [0.29, 0.717) is 22.7 Å². The van der Waals surface area contributed by atoms with Crippen LogP contribution in [0.1, 0.15) is 42.7 Å². The molecule has 0 bridgehead atoms. The van der Waals surface area contributed by atoms with E-state index in [9.17, 15) is 4.79 Å². The fraction of sp³-hybridized carbons (Fsp3) is 0.400. The first kappa shape index (κ1) is 14.0. The van der Waals surface area contributed by atoms with Crippen molar-refractivity contribution in [2.24, 2.45) is 5.92 Å². The van der Waals surface area contributed by atoms with E-state index < -0.39 is 0 Å². The average Bonchev–Trinajstić information content (AvgIpc) is 2.92. The maximum absolute atomic E-state index is 11.8. The average molecular weight is 303 g/mol. The molecule has 1 saturated carbocycles. The van der Waals surface area contributed by atoms with E-state index >= 15 is 0 Å². The van der Waals surface area contributed by atoms with Gasteiger partial charge in [0.15, 0.2) is 0 Å². The van der Waals surface area contributed by atoms with Gasteiger partial charge in [0.2, 0.25) is 11.0 Å². The van der Waals surface area contributed by atoms with Crippen LogP contribution >= 0.6 is 11.3 Å². The van der Waals surface area contributed by atoms with Gasteiger partial charge in [0.05, 0.1) is 0 Å². The third kappa shape index (κ3) is 3.39. The maximum atomic E-state index is 11.8. The van der Waals surface area contributed by atoms with Gasteiger partial charge in [-0.1, -0.05) is 25.2 Å². The minimum atomic E-state index is -0.230. The van der Waals surface area contributed by atoms with Crippen molar-refractivity contribution in [2.45, 2.75) is 32.6 Å². The maximum Gasteiger partial charge on any atom is 0.250 e. The van der Waals surface area contributed by atoms with E-state index in [2.05, 4.69) is 22.4 Å². The van der Waals surface area contributed by atoms with Gasteiger partial charge in [0, 0.05) is 12.0 Å². The first-order chi connectivity index (χ1) is 10.2. The van der Waals surface area contributed by atoms with Crippen molar-refractivity contribution >= 4 is 28.5 Å². The molecule has 0 radical (unpaired) electrons. The van der Waals surface area contributed by atoms with Crippen molar-refractivity contribution < 1.29 is 9.21 Å². The Balaban J connectivity index is 1.57. The predicted octanol–water partition coefficient (Wildman–Crippen LogP) is 3.47. The molecule has 1 amide bonds. The van der Waals surface area contributed by atoms with Crippen LogP contribution in [0.5, 0.6) is 0 Å². The molecule has 2 aromatic heterocycles. The number of carbonyl (C=O) groups is 1. The number of aromatic nitrogens is 2. The molecule has 0 saturated heterocycles. The van der Waals surface area contributed by atoms with Crippen molar-refractivity contribution in [3.8, 4) is 0 Å². The van der Waals surface area contributed by atoms with Gasteiger partial charge in [-0.15, -0.1) is 10.2 Å². The zero-order chi connectivity index (χ0) is 14.8. The van der Waals surface area contributed by atoms with Crippen molar-refractivity contribution in [2.75, 3.05) is 5.32 Å². The van der Waals surface area contributed by atoms with E-state index in [1.54, 1.807) is 6.08 Å². The number of anilines is 1. The molecule has 1 aliphatic carbocycles. The number of rotatable bonds is 5. The Kier molecular flexibility index (Phi) is 3.88. The Bertz CT molecular complexity index is 674. The summed E-state index contributed by atoms with van der Waals surface area (Å²) < 4.78 is 5.71. The number of aryl methyl sites for hydroxylation is 1. The SMILES string of the molecule is CCc1nnc(NC(=O)/C=C/c2ccc(C3CC3C)o2)s1. The highest BCUT2D eigenvalue weighted by Crippen LogP contribution is 2.47. The summed E-state index contributed by atoms with van der Waals surface area (Å²) in [6.07, 6.45) is 5.13. The number of furan rings is 1. The van der Waals surface area contributed by atoms with Crippen molar-refractivity contribution in [3.63, 3.8) is 0 Å². The second kappa shape index (κ2) is 5.81. The molecule has 110 valence electrons. The Morgan fingerprint density at radius 3 is 3.00 bits per heavy atom. The lowest BCUT2D eigenvalue weighted by Crippen LogP contribution is -2.07. The summed E-state index contributed by atoms with van der Waals surface area (Å²) in [5.41, 5.74) is 0. The van der Waals surface area contributed by atoms with Crippen molar-refractivity contribution in [1.29, 1.82) is 0 Å². The molecule has 1 aliphatic rings. The molecule has 1 fully saturated rings. The largest absolute Gasteiger partial charge is 0.461 e. The molecule has 6 heteroatoms.